The van der Waals surface area contributed by atoms with E-state index < -0.39 is 6.61 Å². The first kappa shape index (κ1) is 14.8. The maximum atomic E-state index is 12.2. The van der Waals surface area contributed by atoms with Crippen LogP contribution in [0.5, 0.6) is 11.5 Å². The number of hydrogen-bond acceptors (Lipinski definition) is 4. The normalized spacial score (nSPS) is 10.5. The van der Waals surface area contributed by atoms with Gasteiger partial charge in [-0.3, -0.25) is 9.48 Å². The summed E-state index contributed by atoms with van der Waals surface area (Å²) in [6.45, 7) is -2.95. The highest BCUT2D eigenvalue weighted by atomic mass is 19.3. The summed E-state index contributed by atoms with van der Waals surface area (Å²) in [5.41, 5.74) is 0.770. The van der Waals surface area contributed by atoms with Gasteiger partial charge < -0.3 is 14.8 Å². The van der Waals surface area contributed by atoms with Crippen LogP contribution in [0, 0.1) is 0 Å². The van der Waals surface area contributed by atoms with Crippen molar-refractivity contribution in [2.75, 3.05) is 12.4 Å². The van der Waals surface area contributed by atoms with E-state index in [4.69, 9.17) is 4.74 Å². The average Bonchev–Trinajstić information content (AvgIpc) is 2.86. The molecule has 0 saturated carbocycles. The number of nitrogens with zero attached hydrogens (tertiary/aromatic N) is 2. The van der Waals surface area contributed by atoms with E-state index in [0.29, 0.717) is 11.3 Å². The van der Waals surface area contributed by atoms with Crippen LogP contribution in [0.2, 0.25) is 0 Å². The van der Waals surface area contributed by atoms with Gasteiger partial charge in [-0.25, -0.2) is 0 Å². The second kappa shape index (κ2) is 6.21. The van der Waals surface area contributed by atoms with Crippen LogP contribution in [0.25, 0.3) is 0 Å². The van der Waals surface area contributed by atoms with E-state index in [2.05, 4.69) is 15.2 Å². The van der Waals surface area contributed by atoms with Crippen molar-refractivity contribution in [3.05, 3.63) is 36.2 Å². The number of anilines is 1. The van der Waals surface area contributed by atoms with Crippen LogP contribution in [-0.4, -0.2) is 29.4 Å². The van der Waals surface area contributed by atoms with Crippen LogP contribution in [0.1, 0.15) is 10.4 Å². The van der Waals surface area contributed by atoms with Gasteiger partial charge in [-0.2, -0.15) is 13.9 Å². The lowest BCUT2D eigenvalue weighted by atomic mass is 10.2. The number of carbonyl (C=O) groups excluding carboxylic acids is 1. The first-order valence-electron chi connectivity index (χ1n) is 5.92. The minimum atomic E-state index is -2.95. The third kappa shape index (κ3) is 3.68. The van der Waals surface area contributed by atoms with Crippen LogP contribution >= 0.6 is 0 Å². The number of aryl methyl sites for hydroxylation is 1. The number of carbonyl (C=O) groups is 1. The largest absolute Gasteiger partial charge is 0.493 e. The summed E-state index contributed by atoms with van der Waals surface area (Å²) in [4.78, 5) is 11.9. The molecule has 112 valence electrons. The van der Waals surface area contributed by atoms with E-state index in [1.807, 2.05) is 0 Å². The maximum absolute atomic E-state index is 12.2. The Hall–Kier alpha value is -2.64. The fourth-order valence-electron chi connectivity index (χ4n) is 1.68. The summed E-state index contributed by atoms with van der Waals surface area (Å²) in [7, 11) is 3.01. The first-order chi connectivity index (χ1) is 9.99. The van der Waals surface area contributed by atoms with E-state index in [1.54, 1.807) is 13.2 Å². The highest BCUT2D eigenvalue weighted by Crippen LogP contribution is 2.31. The Kier molecular flexibility index (Phi) is 4.36. The topological polar surface area (TPSA) is 65.4 Å². The first-order valence-corrected chi connectivity index (χ1v) is 5.92. The molecule has 0 spiro atoms. The van der Waals surface area contributed by atoms with Gasteiger partial charge in [-0.05, 0) is 12.1 Å². The zero-order valence-corrected chi connectivity index (χ0v) is 11.3. The zero-order chi connectivity index (χ0) is 15.4. The van der Waals surface area contributed by atoms with E-state index in [1.165, 1.54) is 36.2 Å². The SMILES string of the molecule is COc1cc(NC(=O)c2cnn(C)c2)ccc1OC(F)F. The second-order valence-electron chi connectivity index (χ2n) is 4.10. The minimum absolute atomic E-state index is 0.0966. The van der Waals surface area contributed by atoms with Gasteiger partial charge in [-0.15, -0.1) is 0 Å². The van der Waals surface area contributed by atoms with Crippen molar-refractivity contribution < 1.29 is 23.0 Å². The summed E-state index contributed by atoms with van der Waals surface area (Å²) in [5, 5.41) is 6.50. The lowest BCUT2D eigenvalue weighted by Crippen LogP contribution is -2.11. The van der Waals surface area contributed by atoms with Gasteiger partial charge in [0, 0.05) is 25.0 Å². The molecule has 1 aromatic carbocycles. The molecule has 21 heavy (non-hydrogen) atoms. The number of amides is 1. The Morgan fingerprint density at radius 1 is 1.38 bits per heavy atom. The molecule has 0 unspecified atom stereocenters. The van der Waals surface area contributed by atoms with Crippen LogP contribution < -0.4 is 14.8 Å². The van der Waals surface area contributed by atoms with Gasteiger partial charge in [0.2, 0.25) is 0 Å². The fourth-order valence-corrected chi connectivity index (χ4v) is 1.68. The molecule has 0 aliphatic heterocycles. The second-order valence-corrected chi connectivity index (χ2v) is 4.10. The number of hydrogen-bond donors (Lipinski definition) is 1. The smallest absolute Gasteiger partial charge is 0.387 e. The van der Waals surface area contributed by atoms with E-state index in [0.717, 1.165) is 0 Å². The molecule has 6 nitrogen and oxygen atoms in total. The van der Waals surface area contributed by atoms with Gasteiger partial charge in [0.05, 0.1) is 18.9 Å². The van der Waals surface area contributed by atoms with Crippen molar-refractivity contribution in [3.63, 3.8) is 0 Å². The number of nitrogens with one attached hydrogen (secondary N) is 1. The summed E-state index contributed by atoms with van der Waals surface area (Å²) in [6.07, 6.45) is 2.97. The summed E-state index contributed by atoms with van der Waals surface area (Å²) in [6, 6.07) is 4.13. The van der Waals surface area contributed by atoms with Crippen molar-refractivity contribution in [3.8, 4) is 11.5 Å². The highest BCUT2D eigenvalue weighted by molar-refractivity contribution is 6.04. The molecule has 0 radical (unpaired) electrons. The van der Waals surface area contributed by atoms with Crippen molar-refractivity contribution >= 4 is 11.6 Å². The molecule has 0 fully saturated rings. The zero-order valence-electron chi connectivity index (χ0n) is 11.3. The molecule has 8 heteroatoms. The molecular weight excluding hydrogens is 284 g/mol. The molecule has 0 bridgehead atoms. The molecular formula is C13H13F2N3O3. The molecule has 0 atom stereocenters. The molecule has 2 rings (SSSR count). The Bertz CT molecular complexity index is 643. The molecule has 2 aromatic rings. The lowest BCUT2D eigenvalue weighted by molar-refractivity contribution is -0.0512. The quantitative estimate of drug-likeness (QED) is 0.919. The summed E-state index contributed by atoms with van der Waals surface area (Å²) >= 11 is 0. The molecule has 1 heterocycles. The highest BCUT2D eigenvalue weighted by Gasteiger charge is 2.13. The predicted molar refractivity (Wildman–Crippen MR) is 70.8 cm³/mol. The molecule has 0 aliphatic carbocycles. The maximum Gasteiger partial charge on any atom is 0.387 e. The van der Waals surface area contributed by atoms with Gasteiger partial charge >= 0.3 is 6.61 Å². The summed E-state index contributed by atoms with van der Waals surface area (Å²) < 4.78 is 35.2. The molecule has 0 saturated heterocycles. The standard InChI is InChI=1S/C13H13F2N3O3/c1-18-7-8(6-16-18)12(19)17-9-3-4-10(21-13(14)15)11(5-9)20-2/h3-7,13H,1-2H3,(H,17,19). The van der Waals surface area contributed by atoms with Gasteiger partial charge in [0.1, 0.15) is 0 Å². The third-order valence-corrected chi connectivity index (χ3v) is 2.60. The van der Waals surface area contributed by atoms with Crippen molar-refractivity contribution in [1.82, 2.24) is 9.78 Å². The number of halogens is 2. The molecule has 1 amide bonds. The number of rotatable bonds is 5. The Morgan fingerprint density at radius 2 is 2.14 bits per heavy atom. The minimum Gasteiger partial charge on any atom is -0.493 e. The van der Waals surface area contributed by atoms with Gasteiger partial charge in [0.25, 0.3) is 5.91 Å². The van der Waals surface area contributed by atoms with Gasteiger partial charge in [0.15, 0.2) is 11.5 Å². The van der Waals surface area contributed by atoms with Gasteiger partial charge in [-0.1, -0.05) is 0 Å². The third-order valence-electron chi connectivity index (χ3n) is 2.60. The summed E-state index contributed by atoms with van der Waals surface area (Å²) in [5.74, 6) is -0.376. The number of methoxy groups -OCH3 is 1. The van der Waals surface area contributed by atoms with Crippen LogP contribution in [0.4, 0.5) is 14.5 Å². The Balaban J connectivity index is 2.15. The molecule has 1 N–H and O–H groups in total. The van der Waals surface area contributed by atoms with Crippen LogP contribution in [0.15, 0.2) is 30.6 Å². The lowest BCUT2D eigenvalue weighted by Gasteiger charge is -2.11. The molecule has 1 aromatic heterocycles. The monoisotopic (exact) mass is 297 g/mol. The van der Waals surface area contributed by atoms with Crippen LogP contribution in [0.3, 0.4) is 0 Å². The van der Waals surface area contributed by atoms with E-state index in [-0.39, 0.29) is 17.4 Å². The van der Waals surface area contributed by atoms with E-state index in [9.17, 15) is 13.6 Å². The van der Waals surface area contributed by atoms with E-state index >= 15 is 0 Å². The van der Waals surface area contributed by atoms with Crippen molar-refractivity contribution in [1.29, 1.82) is 0 Å². The predicted octanol–water partition coefficient (Wildman–Crippen LogP) is 2.28. The number of alkyl halides is 2. The number of benzene rings is 1. The molecule has 0 aliphatic rings. The van der Waals surface area contributed by atoms with Crippen molar-refractivity contribution in [2.24, 2.45) is 7.05 Å². The average molecular weight is 297 g/mol. The number of aromatic nitrogens is 2. The fraction of sp³-hybridized carbons (Fsp3) is 0.231. The van der Waals surface area contributed by atoms with Crippen molar-refractivity contribution in [2.45, 2.75) is 6.61 Å². The Morgan fingerprint density at radius 3 is 2.71 bits per heavy atom. The van der Waals surface area contributed by atoms with Crippen LogP contribution in [-0.2, 0) is 7.05 Å². The Labute approximate surface area is 119 Å². The number of ether oxygens (including phenoxy) is 2.